The fourth-order valence-corrected chi connectivity index (χ4v) is 3.04. The van der Waals surface area contributed by atoms with Gasteiger partial charge in [0.05, 0.1) is 16.7 Å². The fourth-order valence-electron chi connectivity index (χ4n) is 2.64. The summed E-state index contributed by atoms with van der Waals surface area (Å²) in [5.74, 6) is 1.13. The molecule has 2 nitrogen and oxygen atoms in total. The maximum absolute atomic E-state index is 6.36. The van der Waals surface area contributed by atoms with Gasteiger partial charge in [-0.1, -0.05) is 53.5 Å². The van der Waals surface area contributed by atoms with Crippen LogP contribution in [0.25, 0.3) is 0 Å². The molecule has 0 bridgehead atoms. The zero-order chi connectivity index (χ0) is 14.1. The summed E-state index contributed by atoms with van der Waals surface area (Å²) >= 11 is 12.3. The van der Waals surface area contributed by atoms with Crippen molar-refractivity contribution in [3.05, 3.63) is 63.6 Å². The van der Waals surface area contributed by atoms with Crippen molar-refractivity contribution < 1.29 is 4.74 Å². The molecule has 20 heavy (non-hydrogen) atoms. The van der Waals surface area contributed by atoms with Gasteiger partial charge in [-0.2, -0.15) is 0 Å². The van der Waals surface area contributed by atoms with Gasteiger partial charge < -0.3 is 10.5 Å². The van der Waals surface area contributed by atoms with E-state index in [0.717, 1.165) is 11.3 Å². The summed E-state index contributed by atoms with van der Waals surface area (Å²) < 4.78 is 5.68. The van der Waals surface area contributed by atoms with Gasteiger partial charge in [0.1, 0.15) is 5.75 Å². The van der Waals surface area contributed by atoms with Crippen LogP contribution in [-0.2, 0) is 6.42 Å². The molecule has 3 rings (SSSR count). The van der Waals surface area contributed by atoms with E-state index in [4.69, 9.17) is 33.7 Å². The number of nitrogens with two attached hydrogens (primary N) is 1. The Kier molecular flexibility index (Phi) is 3.88. The fraction of sp³-hybridized carbons (Fsp3) is 0.250. The van der Waals surface area contributed by atoms with E-state index >= 15 is 0 Å². The van der Waals surface area contributed by atoms with Crippen molar-refractivity contribution in [2.24, 2.45) is 5.73 Å². The predicted molar refractivity (Wildman–Crippen MR) is 82.8 cm³/mol. The monoisotopic (exact) mass is 307 g/mol. The first-order valence-corrected chi connectivity index (χ1v) is 7.32. The lowest BCUT2D eigenvalue weighted by Gasteiger charge is -2.19. The zero-order valence-corrected chi connectivity index (χ0v) is 12.4. The summed E-state index contributed by atoms with van der Waals surface area (Å²) in [6.07, 6.45) is 0.682. The largest absolute Gasteiger partial charge is 0.493 e. The molecule has 4 heteroatoms. The van der Waals surface area contributed by atoms with Gasteiger partial charge >= 0.3 is 0 Å². The summed E-state index contributed by atoms with van der Waals surface area (Å²) in [6.45, 7) is 0.624. The van der Waals surface area contributed by atoms with Gasteiger partial charge in [0.15, 0.2) is 0 Å². The van der Waals surface area contributed by atoms with Crippen LogP contribution < -0.4 is 10.5 Å². The first-order chi connectivity index (χ1) is 9.66. The number of hydrogen-bond acceptors (Lipinski definition) is 2. The molecule has 0 amide bonds. The molecule has 0 aromatic heterocycles. The second-order valence-electron chi connectivity index (χ2n) is 5.04. The zero-order valence-electron chi connectivity index (χ0n) is 10.9. The van der Waals surface area contributed by atoms with Gasteiger partial charge in [0.25, 0.3) is 0 Å². The van der Waals surface area contributed by atoms with Crippen LogP contribution in [0.2, 0.25) is 10.0 Å². The Morgan fingerprint density at radius 3 is 2.80 bits per heavy atom. The van der Waals surface area contributed by atoms with Gasteiger partial charge in [0.2, 0.25) is 0 Å². The van der Waals surface area contributed by atoms with Crippen molar-refractivity contribution in [3.8, 4) is 5.75 Å². The van der Waals surface area contributed by atoms with E-state index in [1.165, 1.54) is 5.56 Å². The lowest BCUT2D eigenvalue weighted by Crippen LogP contribution is -2.31. The van der Waals surface area contributed by atoms with Crippen LogP contribution in [0, 0.1) is 0 Å². The average Bonchev–Trinajstić information content (AvgIpc) is 2.88. The number of hydrogen-bond donors (Lipinski definition) is 1. The Labute approximate surface area is 128 Å². The molecule has 2 aromatic rings. The van der Waals surface area contributed by atoms with Crippen LogP contribution in [0.4, 0.5) is 0 Å². The molecule has 104 valence electrons. The number of benzene rings is 2. The minimum Gasteiger partial charge on any atom is -0.493 e. The summed E-state index contributed by atoms with van der Waals surface area (Å²) in [7, 11) is 0. The number of halogens is 2. The van der Waals surface area contributed by atoms with Crippen molar-refractivity contribution in [1.29, 1.82) is 0 Å². The van der Waals surface area contributed by atoms with Crippen LogP contribution in [-0.4, -0.2) is 12.6 Å². The Hall–Kier alpha value is -1.22. The number of rotatable bonds is 3. The van der Waals surface area contributed by atoms with Crippen molar-refractivity contribution in [1.82, 2.24) is 0 Å². The molecule has 0 spiro atoms. The lowest BCUT2D eigenvalue weighted by atomic mass is 9.90. The highest BCUT2D eigenvalue weighted by molar-refractivity contribution is 6.42. The van der Waals surface area contributed by atoms with E-state index < -0.39 is 0 Å². The minimum atomic E-state index is -0.0467. The van der Waals surface area contributed by atoms with E-state index in [9.17, 15) is 0 Å². The van der Waals surface area contributed by atoms with E-state index in [1.54, 1.807) is 6.07 Å². The maximum atomic E-state index is 6.36. The first-order valence-electron chi connectivity index (χ1n) is 6.57. The summed E-state index contributed by atoms with van der Waals surface area (Å²) in [4.78, 5) is 0. The lowest BCUT2D eigenvalue weighted by molar-refractivity contribution is 0.313. The Morgan fingerprint density at radius 1 is 1.15 bits per heavy atom. The second-order valence-corrected chi connectivity index (χ2v) is 5.82. The highest BCUT2D eigenvalue weighted by Crippen LogP contribution is 2.36. The molecule has 2 unspecified atom stereocenters. The van der Waals surface area contributed by atoms with E-state index in [1.807, 2.05) is 30.3 Å². The topological polar surface area (TPSA) is 35.2 Å². The third kappa shape index (κ3) is 2.51. The molecule has 2 N–H and O–H groups in total. The van der Waals surface area contributed by atoms with Crippen LogP contribution in [0.1, 0.15) is 17.0 Å². The molecule has 0 saturated heterocycles. The molecular weight excluding hydrogens is 293 g/mol. The molecule has 0 radical (unpaired) electrons. The molecule has 0 aliphatic carbocycles. The van der Waals surface area contributed by atoms with Crippen molar-refractivity contribution in [3.63, 3.8) is 0 Å². The van der Waals surface area contributed by atoms with Crippen LogP contribution in [0.5, 0.6) is 5.75 Å². The summed E-state index contributed by atoms with van der Waals surface area (Å²) in [5, 5.41) is 1.16. The minimum absolute atomic E-state index is 0.0467. The molecule has 2 atom stereocenters. The standard InChI is InChI=1S/C16H15Cl2NO/c17-13-6-3-4-10(16(13)18)8-14(19)12-9-20-15-7-2-1-5-11(12)15/h1-7,12,14H,8-9,19H2. The highest BCUT2D eigenvalue weighted by Gasteiger charge is 2.29. The smallest absolute Gasteiger partial charge is 0.122 e. The molecule has 0 fully saturated rings. The number of para-hydroxylation sites is 1. The van der Waals surface area contributed by atoms with Crippen LogP contribution in [0.3, 0.4) is 0 Å². The third-order valence-electron chi connectivity index (χ3n) is 3.74. The van der Waals surface area contributed by atoms with Crippen LogP contribution >= 0.6 is 23.2 Å². The quantitative estimate of drug-likeness (QED) is 0.929. The number of fused-ring (bicyclic) bond motifs is 1. The van der Waals surface area contributed by atoms with Crippen molar-refractivity contribution in [2.75, 3.05) is 6.61 Å². The molecular formula is C16H15Cl2NO. The normalized spacial score (nSPS) is 18.4. The third-order valence-corrected chi connectivity index (χ3v) is 4.60. The molecule has 1 heterocycles. The molecule has 1 aliphatic rings. The van der Waals surface area contributed by atoms with Crippen LogP contribution in [0.15, 0.2) is 42.5 Å². The van der Waals surface area contributed by atoms with Gasteiger partial charge in [-0.25, -0.2) is 0 Å². The van der Waals surface area contributed by atoms with Gasteiger partial charge in [-0.05, 0) is 24.1 Å². The SMILES string of the molecule is NC(Cc1cccc(Cl)c1Cl)C1COc2ccccc21. The maximum Gasteiger partial charge on any atom is 0.122 e. The van der Waals surface area contributed by atoms with Crippen molar-refractivity contribution >= 4 is 23.2 Å². The predicted octanol–water partition coefficient (Wildman–Crippen LogP) is 4.04. The van der Waals surface area contributed by atoms with E-state index in [0.29, 0.717) is 23.1 Å². The molecule has 1 aliphatic heterocycles. The van der Waals surface area contributed by atoms with Crippen molar-refractivity contribution in [2.45, 2.75) is 18.4 Å². The van der Waals surface area contributed by atoms with Gasteiger partial charge in [-0.3, -0.25) is 0 Å². The van der Waals surface area contributed by atoms with E-state index in [2.05, 4.69) is 6.07 Å². The van der Waals surface area contributed by atoms with E-state index in [-0.39, 0.29) is 12.0 Å². The first kappa shape index (κ1) is 13.7. The summed E-state index contributed by atoms with van der Waals surface area (Å²) in [6, 6.07) is 13.6. The highest BCUT2D eigenvalue weighted by atomic mass is 35.5. The number of ether oxygens (including phenoxy) is 1. The Bertz CT molecular complexity index is 630. The average molecular weight is 308 g/mol. The second kappa shape index (κ2) is 5.65. The molecule has 0 saturated carbocycles. The Balaban J connectivity index is 1.81. The Morgan fingerprint density at radius 2 is 1.95 bits per heavy atom. The van der Waals surface area contributed by atoms with Gasteiger partial charge in [0, 0.05) is 17.5 Å². The summed E-state index contributed by atoms with van der Waals surface area (Å²) in [5.41, 5.74) is 8.52. The van der Waals surface area contributed by atoms with Gasteiger partial charge in [-0.15, -0.1) is 0 Å². The molecule has 2 aromatic carbocycles.